The van der Waals surface area contributed by atoms with Gasteiger partial charge in [0.1, 0.15) is 0 Å². The van der Waals surface area contributed by atoms with E-state index in [1.807, 2.05) is 0 Å². The topological polar surface area (TPSA) is 29.1 Å². The Morgan fingerprint density at radius 1 is 1.04 bits per heavy atom. The Balaban J connectivity index is 1.99. The number of rotatable bonds is 4. The Morgan fingerprint density at radius 3 is 2.21 bits per heavy atom. The van der Waals surface area contributed by atoms with E-state index in [0.29, 0.717) is 4.90 Å². The summed E-state index contributed by atoms with van der Waals surface area (Å²) in [4.78, 5) is 12.4. The van der Waals surface area contributed by atoms with Gasteiger partial charge in [-0.25, -0.2) is 8.78 Å². The molecule has 1 amide bonds. The van der Waals surface area contributed by atoms with Gasteiger partial charge in [-0.1, -0.05) is 0 Å². The molecule has 0 aliphatic carbocycles. The van der Waals surface area contributed by atoms with E-state index in [2.05, 4.69) is 5.32 Å². The number of nitrogens with one attached hydrogen (secondary N) is 1. The predicted molar refractivity (Wildman–Crippen MR) is 81.8 cm³/mol. The van der Waals surface area contributed by atoms with Gasteiger partial charge >= 0.3 is 6.18 Å². The van der Waals surface area contributed by atoms with E-state index in [-0.39, 0.29) is 5.69 Å². The van der Waals surface area contributed by atoms with Crippen molar-refractivity contribution in [1.82, 2.24) is 0 Å². The Kier molecular flexibility index (Phi) is 5.48. The van der Waals surface area contributed by atoms with Crippen LogP contribution in [0.15, 0.2) is 47.4 Å². The van der Waals surface area contributed by atoms with Crippen LogP contribution in [0.25, 0.3) is 0 Å². The number of alkyl halides is 3. The number of thioether (sulfide) groups is 1. The van der Waals surface area contributed by atoms with Gasteiger partial charge in [0.25, 0.3) is 0 Å². The highest BCUT2D eigenvalue weighted by atomic mass is 32.2. The largest absolute Gasteiger partial charge is 0.416 e. The molecule has 0 unspecified atom stereocenters. The minimum atomic E-state index is -4.45. The smallest absolute Gasteiger partial charge is 0.325 e. The summed E-state index contributed by atoms with van der Waals surface area (Å²) in [7, 11) is 0. The summed E-state index contributed by atoms with van der Waals surface area (Å²) < 4.78 is 63.4. The first-order chi connectivity index (χ1) is 11.2. The zero-order valence-electron chi connectivity index (χ0n) is 12.3. The first kappa shape index (κ1) is 18.3. The minimum absolute atomic E-state index is 0.214. The lowest BCUT2D eigenvalue weighted by Crippen LogP contribution is -2.22. The van der Waals surface area contributed by atoms with Crippen LogP contribution in [0.2, 0.25) is 0 Å². The van der Waals surface area contributed by atoms with Crippen molar-refractivity contribution < 1.29 is 26.7 Å². The first-order valence-corrected chi connectivity index (χ1v) is 7.64. The third-order valence-electron chi connectivity index (χ3n) is 3.05. The second-order valence-corrected chi connectivity index (χ2v) is 6.31. The minimum Gasteiger partial charge on any atom is -0.325 e. The van der Waals surface area contributed by atoms with Gasteiger partial charge in [0.15, 0.2) is 11.6 Å². The molecular weight excluding hydrogens is 349 g/mol. The molecule has 2 nitrogen and oxygen atoms in total. The number of amides is 1. The summed E-state index contributed by atoms with van der Waals surface area (Å²) in [5, 5.41) is 1.82. The van der Waals surface area contributed by atoms with Crippen LogP contribution in [0.3, 0.4) is 0 Å². The highest BCUT2D eigenvalue weighted by molar-refractivity contribution is 8.00. The number of carbonyl (C=O) groups excluding carboxylic acids is 1. The molecule has 2 aromatic rings. The van der Waals surface area contributed by atoms with Crippen LogP contribution < -0.4 is 5.32 Å². The predicted octanol–water partition coefficient (Wildman–Crippen LogP) is 5.10. The number of carbonyl (C=O) groups is 1. The van der Waals surface area contributed by atoms with Gasteiger partial charge in [0, 0.05) is 10.6 Å². The molecular formula is C16H12F5NOS. The maximum absolute atomic E-state index is 13.1. The van der Waals surface area contributed by atoms with E-state index >= 15 is 0 Å². The Bertz CT molecular complexity index is 730. The molecule has 2 aromatic carbocycles. The number of halogens is 5. The van der Waals surface area contributed by atoms with Crippen LogP contribution in [-0.4, -0.2) is 11.2 Å². The SMILES string of the molecule is C[C@@H](Sc1ccc(F)c(F)c1)C(=O)Nc1ccc(C(F)(F)F)cc1. The highest BCUT2D eigenvalue weighted by Gasteiger charge is 2.30. The van der Waals surface area contributed by atoms with E-state index < -0.39 is 34.5 Å². The lowest BCUT2D eigenvalue weighted by atomic mass is 10.2. The molecule has 0 bridgehead atoms. The van der Waals surface area contributed by atoms with E-state index in [1.54, 1.807) is 6.92 Å². The lowest BCUT2D eigenvalue weighted by molar-refractivity contribution is -0.137. The molecule has 0 aliphatic rings. The third-order valence-corrected chi connectivity index (χ3v) is 4.15. The van der Waals surface area contributed by atoms with Crippen LogP contribution >= 0.6 is 11.8 Å². The van der Waals surface area contributed by atoms with Crippen molar-refractivity contribution in [2.45, 2.75) is 23.2 Å². The summed E-state index contributed by atoms with van der Waals surface area (Å²) in [6.45, 7) is 1.55. The van der Waals surface area contributed by atoms with Crippen LogP contribution in [-0.2, 0) is 11.0 Å². The molecule has 0 aliphatic heterocycles. The average molecular weight is 361 g/mol. The summed E-state index contributed by atoms with van der Waals surface area (Å²) >= 11 is 1.00. The Labute approximate surface area is 139 Å². The molecule has 24 heavy (non-hydrogen) atoms. The fraction of sp³-hybridized carbons (Fsp3) is 0.188. The van der Waals surface area contributed by atoms with Gasteiger partial charge in [0.05, 0.1) is 10.8 Å². The van der Waals surface area contributed by atoms with Crippen molar-refractivity contribution in [3.8, 4) is 0 Å². The first-order valence-electron chi connectivity index (χ1n) is 6.76. The second kappa shape index (κ2) is 7.21. The van der Waals surface area contributed by atoms with Gasteiger partial charge in [-0.05, 0) is 49.4 Å². The third kappa shape index (κ3) is 4.70. The van der Waals surface area contributed by atoms with Crippen molar-refractivity contribution in [2.75, 3.05) is 5.32 Å². The Hall–Kier alpha value is -2.09. The van der Waals surface area contributed by atoms with Crippen molar-refractivity contribution in [3.63, 3.8) is 0 Å². The molecule has 1 N–H and O–H groups in total. The van der Waals surface area contributed by atoms with E-state index in [4.69, 9.17) is 0 Å². The monoisotopic (exact) mass is 361 g/mol. The summed E-state index contributed by atoms with van der Waals surface area (Å²) in [6.07, 6.45) is -4.45. The van der Waals surface area contributed by atoms with Crippen LogP contribution in [0.5, 0.6) is 0 Å². The van der Waals surface area contributed by atoms with Gasteiger partial charge in [-0.2, -0.15) is 13.2 Å². The molecule has 0 saturated carbocycles. The van der Waals surface area contributed by atoms with Crippen LogP contribution in [0.4, 0.5) is 27.6 Å². The number of benzene rings is 2. The van der Waals surface area contributed by atoms with Crippen molar-refractivity contribution in [2.24, 2.45) is 0 Å². The molecule has 128 valence electrons. The zero-order chi connectivity index (χ0) is 17.9. The molecule has 0 spiro atoms. The molecule has 0 saturated heterocycles. The number of hydrogen-bond donors (Lipinski definition) is 1. The molecule has 0 heterocycles. The van der Waals surface area contributed by atoms with Crippen molar-refractivity contribution in [1.29, 1.82) is 0 Å². The quantitative estimate of drug-likeness (QED) is 0.606. The summed E-state index contributed by atoms with van der Waals surface area (Å²) in [5.74, 6) is -2.47. The van der Waals surface area contributed by atoms with Crippen molar-refractivity contribution in [3.05, 3.63) is 59.7 Å². The molecule has 0 aromatic heterocycles. The van der Waals surface area contributed by atoms with Crippen LogP contribution in [0.1, 0.15) is 12.5 Å². The normalized spacial score (nSPS) is 12.8. The molecule has 1 atom stereocenters. The lowest BCUT2D eigenvalue weighted by Gasteiger charge is -2.13. The highest BCUT2D eigenvalue weighted by Crippen LogP contribution is 2.30. The van der Waals surface area contributed by atoms with Gasteiger partial charge in [0.2, 0.25) is 5.91 Å². The van der Waals surface area contributed by atoms with Crippen LogP contribution in [0, 0.1) is 11.6 Å². The second-order valence-electron chi connectivity index (χ2n) is 4.90. The van der Waals surface area contributed by atoms with Gasteiger partial charge < -0.3 is 5.32 Å². The maximum atomic E-state index is 13.1. The number of anilines is 1. The van der Waals surface area contributed by atoms with E-state index in [9.17, 15) is 26.7 Å². The Morgan fingerprint density at radius 2 is 1.67 bits per heavy atom. The number of hydrogen-bond acceptors (Lipinski definition) is 2. The van der Waals surface area contributed by atoms with Gasteiger partial charge in [-0.3, -0.25) is 4.79 Å². The summed E-state index contributed by atoms with van der Waals surface area (Å²) in [5.41, 5.74) is -0.601. The van der Waals surface area contributed by atoms with E-state index in [1.165, 1.54) is 6.07 Å². The van der Waals surface area contributed by atoms with Gasteiger partial charge in [-0.15, -0.1) is 11.8 Å². The fourth-order valence-corrected chi connectivity index (χ4v) is 2.69. The van der Waals surface area contributed by atoms with Crippen molar-refractivity contribution >= 4 is 23.4 Å². The fourth-order valence-electron chi connectivity index (χ4n) is 1.79. The average Bonchev–Trinajstić information content (AvgIpc) is 2.50. The molecule has 8 heteroatoms. The molecule has 2 rings (SSSR count). The summed E-state index contributed by atoms with van der Waals surface area (Å²) in [6, 6.07) is 7.29. The standard InChI is InChI=1S/C16H12F5NOS/c1-9(24-12-6-7-13(17)14(18)8-12)15(23)22-11-4-2-10(3-5-11)16(19,20)21/h2-9H,1H3,(H,22,23)/t9-/m1/s1. The maximum Gasteiger partial charge on any atom is 0.416 e. The zero-order valence-corrected chi connectivity index (χ0v) is 13.1. The molecule has 0 radical (unpaired) electrons. The molecule has 0 fully saturated rings. The van der Waals surface area contributed by atoms with E-state index in [0.717, 1.165) is 48.2 Å².